The normalized spacial score (nSPS) is 30.4. The zero-order valence-electron chi connectivity index (χ0n) is 10.2. The molecule has 18 heavy (non-hydrogen) atoms. The summed E-state index contributed by atoms with van der Waals surface area (Å²) in [6.07, 6.45) is 8.15. The number of thioether (sulfide) groups is 1. The van der Waals surface area contributed by atoms with Crippen LogP contribution in [0.3, 0.4) is 0 Å². The smallest absolute Gasteiger partial charge is 0.252 e. The van der Waals surface area contributed by atoms with E-state index in [-0.39, 0.29) is 10.8 Å². The monoisotopic (exact) mass is 257 g/mol. The molecule has 2 aliphatic heterocycles. The quantitative estimate of drug-likeness (QED) is 0.720. The lowest BCUT2D eigenvalue weighted by molar-refractivity contribution is -0.114. The first-order valence-electron chi connectivity index (χ1n) is 6.13. The first kappa shape index (κ1) is 11.6. The molecule has 0 aliphatic carbocycles. The zero-order valence-corrected chi connectivity index (χ0v) is 11.1. The number of carbonyl (C=O) groups excluding carboxylic acids is 1. The molecule has 1 aromatic rings. The molecular weight excluding hydrogens is 242 g/mol. The highest BCUT2D eigenvalue weighted by atomic mass is 32.2. The highest BCUT2D eigenvalue weighted by molar-refractivity contribution is 8.01. The van der Waals surface area contributed by atoms with E-state index in [2.05, 4.69) is 25.2 Å². The van der Waals surface area contributed by atoms with Gasteiger partial charge in [0.25, 0.3) is 5.91 Å². The van der Waals surface area contributed by atoms with E-state index < -0.39 is 0 Å². The molecule has 3 rings (SSSR count). The lowest BCUT2D eigenvalue weighted by atomic mass is 9.99. The second-order valence-electron chi connectivity index (χ2n) is 4.62. The van der Waals surface area contributed by atoms with Gasteiger partial charge in [-0.25, -0.2) is 0 Å². The van der Waals surface area contributed by atoms with Gasteiger partial charge in [-0.15, -0.1) is 11.8 Å². The summed E-state index contributed by atoms with van der Waals surface area (Å²) in [6.45, 7) is 2.17. The van der Waals surface area contributed by atoms with Gasteiger partial charge in [0, 0.05) is 23.4 Å². The van der Waals surface area contributed by atoms with Crippen LogP contribution in [-0.2, 0) is 4.79 Å². The zero-order chi connectivity index (χ0) is 12.6. The number of carbonyl (C=O) groups is 1. The van der Waals surface area contributed by atoms with E-state index in [1.807, 2.05) is 47.0 Å². The summed E-state index contributed by atoms with van der Waals surface area (Å²) >= 11 is 1.82. The average Bonchev–Trinajstić information content (AvgIpc) is 2.73. The van der Waals surface area contributed by atoms with E-state index in [1.54, 1.807) is 6.08 Å². The number of anilines is 1. The molecule has 1 unspecified atom stereocenters. The summed E-state index contributed by atoms with van der Waals surface area (Å²) in [5.41, 5.74) is 0.974. The minimum Gasteiger partial charge on any atom is -0.290 e. The van der Waals surface area contributed by atoms with Crippen LogP contribution in [0.4, 0.5) is 5.69 Å². The Labute approximate surface area is 111 Å². The minimum atomic E-state index is -0.243. The third kappa shape index (κ3) is 1.62. The third-order valence-corrected chi connectivity index (χ3v) is 5.05. The van der Waals surface area contributed by atoms with Gasteiger partial charge in [-0.1, -0.05) is 37.3 Å². The van der Waals surface area contributed by atoms with Crippen LogP contribution in [-0.4, -0.2) is 16.5 Å². The molecule has 2 heterocycles. The summed E-state index contributed by atoms with van der Waals surface area (Å²) in [6, 6.07) is 9.92. The van der Waals surface area contributed by atoms with Crippen LogP contribution >= 0.6 is 11.8 Å². The van der Waals surface area contributed by atoms with Crippen molar-refractivity contribution in [1.82, 2.24) is 0 Å². The molecule has 92 valence electrons. The van der Waals surface area contributed by atoms with Crippen molar-refractivity contribution in [2.75, 3.05) is 10.7 Å². The lowest BCUT2D eigenvalue weighted by Crippen LogP contribution is -2.49. The fourth-order valence-corrected chi connectivity index (χ4v) is 3.90. The molecule has 0 saturated heterocycles. The second-order valence-corrected chi connectivity index (χ2v) is 5.90. The van der Waals surface area contributed by atoms with E-state index in [0.29, 0.717) is 5.92 Å². The predicted octanol–water partition coefficient (Wildman–Crippen LogP) is 3.22. The third-order valence-electron chi connectivity index (χ3n) is 3.54. The van der Waals surface area contributed by atoms with Gasteiger partial charge in [0.15, 0.2) is 0 Å². The van der Waals surface area contributed by atoms with Crippen molar-refractivity contribution in [3.8, 4) is 0 Å². The summed E-state index contributed by atoms with van der Waals surface area (Å²) in [7, 11) is 0. The number of hydrogen-bond acceptors (Lipinski definition) is 2. The Hall–Kier alpha value is -1.48. The van der Waals surface area contributed by atoms with Crippen LogP contribution in [0.25, 0.3) is 0 Å². The van der Waals surface area contributed by atoms with E-state index in [9.17, 15) is 4.79 Å². The van der Waals surface area contributed by atoms with Crippen molar-refractivity contribution >= 4 is 23.4 Å². The Kier molecular flexibility index (Phi) is 2.78. The maximum atomic E-state index is 12.2. The molecule has 0 fully saturated rings. The topological polar surface area (TPSA) is 20.3 Å². The Balaban J connectivity index is 2.07. The van der Waals surface area contributed by atoms with Crippen molar-refractivity contribution in [2.24, 2.45) is 5.92 Å². The van der Waals surface area contributed by atoms with E-state index in [1.165, 1.54) is 0 Å². The number of nitrogens with zero attached hydrogens (tertiary/aromatic N) is 1. The Morgan fingerprint density at radius 1 is 1.33 bits per heavy atom. The highest BCUT2D eigenvalue weighted by Crippen LogP contribution is 2.46. The van der Waals surface area contributed by atoms with Gasteiger partial charge in [-0.3, -0.25) is 9.69 Å². The number of rotatable bonds is 1. The summed E-state index contributed by atoms with van der Waals surface area (Å²) in [5.74, 6) is 1.35. The van der Waals surface area contributed by atoms with Gasteiger partial charge in [0.1, 0.15) is 4.87 Å². The Morgan fingerprint density at radius 3 is 2.83 bits per heavy atom. The van der Waals surface area contributed by atoms with Gasteiger partial charge in [0.05, 0.1) is 0 Å². The van der Waals surface area contributed by atoms with Gasteiger partial charge in [-0.2, -0.15) is 0 Å². The Morgan fingerprint density at radius 2 is 2.11 bits per heavy atom. The number of amides is 1. The molecular formula is C15H15NOS. The van der Waals surface area contributed by atoms with E-state index in [0.717, 1.165) is 11.4 Å². The van der Waals surface area contributed by atoms with Crippen molar-refractivity contribution in [1.29, 1.82) is 0 Å². The standard InChI is InChI=1S/C15H15NOS/c1-12-6-5-11-18-15(12)10-9-14(17)16(15)13-7-3-2-4-8-13/h2-10,12H,11H2,1H3/t12?,15-/m0/s1. The van der Waals surface area contributed by atoms with Crippen molar-refractivity contribution in [3.63, 3.8) is 0 Å². The largest absolute Gasteiger partial charge is 0.290 e. The average molecular weight is 257 g/mol. The van der Waals surface area contributed by atoms with Crippen LogP contribution < -0.4 is 4.90 Å². The molecule has 0 N–H and O–H groups in total. The SMILES string of the molecule is CC1C=CCS[C@@]12C=CC(=O)N2c1ccccc1. The minimum absolute atomic E-state index is 0.0795. The molecule has 2 atom stereocenters. The van der Waals surface area contributed by atoms with Crippen molar-refractivity contribution in [2.45, 2.75) is 11.8 Å². The molecule has 1 aromatic carbocycles. The van der Waals surface area contributed by atoms with Gasteiger partial charge >= 0.3 is 0 Å². The first-order valence-corrected chi connectivity index (χ1v) is 7.12. The number of benzene rings is 1. The first-order chi connectivity index (χ1) is 8.74. The van der Waals surface area contributed by atoms with Gasteiger partial charge < -0.3 is 0 Å². The molecule has 2 aliphatic rings. The van der Waals surface area contributed by atoms with Crippen LogP contribution in [0.1, 0.15) is 6.92 Å². The van der Waals surface area contributed by atoms with Crippen LogP contribution in [0.5, 0.6) is 0 Å². The fourth-order valence-electron chi connectivity index (χ4n) is 2.60. The van der Waals surface area contributed by atoms with Crippen LogP contribution in [0, 0.1) is 5.92 Å². The summed E-state index contributed by atoms with van der Waals surface area (Å²) < 4.78 is 0. The Bertz CT molecular complexity index is 523. The second kappa shape index (κ2) is 4.32. The maximum Gasteiger partial charge on any atom is 0.252 e. The molecule has 2 nitrogen and oxygen atoms in total. The highest BCUT2D eigenvalue weighted by Gasteiger charge is 2.46. The molecule has 1 spiro atoms. The molecule has 0 radical (unpaired) electrons. The molecule has 0 bridgehead atoms. The molecule has 3 heteroatoms. The maximum absolute atomic E-state index is 12.2. The molecule has 1 amide bonds. The van der Waals surface area contributed by atoms with Crippen LogP contribution in [0.2, 0.25) is 0 Å². The fraction of sp³-hybridized carbons (Fsp3) is 0.267. The van der Waals surface area contributed by atoms with E-state index in [4.69, 9.17) is 0 Å². The van der Waals surface area contributed by atoms with Crippen LogP contribution in [0.15, 0.2) is 54.6 Å². The van der Waals surface area contributed by atoms with Crippen molar-refractivity contribution in [3.05, 3.63) is 54.6 Å². The molecule has 0 saturated carbocycles. The van der Waals surface area contributed by atoms with Gasteiger partial charge in [0.2, 0.25) is 0 Å². The van der Waals surface area contributed by atoms with Crippen molar-refractivity contribution < 1.29 is 4.79 Å². The predicted molar refractivity (Wildman–Crippen MR) is 76.6 cm³/mol. The van der Waals surface area contributed by atoms with E-state index >= 15 is 0 Å². The van der Waals surface area contributed by atoms with Gasteiger partial charge in [-0.05, 0) is 18.2 Å². The summed E-state index contributed by atoms with van der Waals surface area (Å²) in [4.78, 5) is 13.9. The summed E-state index contributed by atoms with van der Waals surface area (Å²) in [5, 5.41) is 0. The lowest BCUT2D eigenvalue weighted by Gasteiger charge is -2.42. The number of hydrogen-bond donors (Lipinski definition) is 0. The molecule has 0 aromatic heterocycles. The number of para-hydroxylation sites is 1.